The Morgan fingerprint density at radius 3 is 2.50 bits per heavy atom. The van der Waals surface area contributed by atoms with E-state index in [1.807, 2.05) is 11.4 Å². The van der Waals surface area contributed by atoms with Crippen molar-refractivity contribution in [2.45, 2.75) is 24.7 Å². The minimum atomic E-state index is -0.643. The standard InChI is InChI=1S/C12H14O3S/c13-10(14)11(4-2-5-11)12(7-15-8-12)9-3-1-6-16-9/h1,3,6H,2,4-5,7-8H2,(H,13,14). The molecule has 0 bridgehead atoms. The number of carbonyl (C=O) groups is 1. The molecular weight excluding hydrogens is 224 g/mol. The Bertz CT molecular complexity index is 402. The lowest BCUT2D eigenvalue weighted by atomic mass is 9.51. The van der Waals surface area contributed by atoms with E-state index in [1.165, 1.54) is 4.88 Å². The predicted octanol–water partition coefficient (Wildman–Crippen LogP) is 2.27. The van der Waals surface area contributed by atoms with Gasteiger partial charge in [-0.25, -0.2) is 0 Å². The first-order chi connectivity index (χ1) is 7.71. The molecule has 0 radical (unpaired) electrons. The first-order valence-electron chi connectivity index (χ1n) is 5.56. The van der Waals surface area contributed by atoms with Gasteiger partial charge in [0.2, 0.25) is 0 Å². The third-order valence-corrected chi connectivity index (χ3v) is 5.30. The molecule has 1 aromatic rings. The van der Waals surface area contributed by atoms with Gasteiger partial charge in [0.25, 0.3) is 0 Å². The van der Waals surface area contributed by atoms with Crippen molar-refractivity contribution >= 4 is 17.3 Å². The fourth-order valence-corrected chi connectivity index (χ4v) is 3.94. The zero-order valence-electron chi connectivity index (χ0n) is 8.94. The van der Waals surface area contributed by atoms with Gasteiger partial charge in [-0.05, 0) is 24.3 Å². The Morgan fingerprint density at radius 2 is 2.19 bits per heavy atom. The monoisotopic (exact) mass is 238 g/mol. The van der Waals surface area contributed by atoms with Crippen LogP contribution in [-0.4, -0.2) is 24.3 Å². The van der Waals surface area contributed by atoms with Crippen LogP contribution in [-0.2, 0) is 14.9 Å². The molecule has 1 N–H and O–H groups in total. The van der Waals surface area contributed by atoms with Crippen molar-refractivity contribution in [3.05, 3.63) is 22.4 Å². The zero-order chi connectivity index (χ0) is 11.2. The highest BCUT2D eigenvalue weighted by atomic mass is 32.1. The second kappa shape index (κ2) is 3.31. The molecule has 3 rings (SSSR count). The summed E-state index contributed by atoms with van der Waals surface area (Å²) in [7, 11) is 0. The highest BCUT2D eigenvalue weighted by Gasteiger charge is 2.64. The van der Waals surface area contributed by atoms with Crippen molar-refractivity contribution in [1.82, 2.24) is 0 Å². The molecule has 86 valence electrons. The molecule has 1 aromatic heterocycles. The van der Waals surface area contributed by atoms with Crippen LogP contribution >= 0.6 is 11.3 Å². The SMILES string of the molecule is O=C(O)C1(C2(c3cccs3)COC2)CCC1. The first kappa shape index (κ1) is 10.3. The van der Waals surface area contributed by atoms with Crippen LogP contribution in [0.1, 0.15) is 24.1 Å². The van der Waals surface area contributed by atoms with Gasteiger partial charge >= 0.3 is 5.97 Å². The Labute approximate surface area is 98.0 Å². The minimum absolute atomic E-state index is 0.245. The molecule has 0 unspecified atom stereocenters. The summed E-state index contributed by atoms with van der Waals surface area (Å²) in [5.74, 6) is -0.643. The van der Waals surface area contributed by atoms with Gasteiger partial charge in [-0.15, -0.1) is 11.3 Å². The number of hydrogen-bond acceptors (Lipinski definition) is 3. The van der Waals surface area contributed by atoms with E-state index < -0.39 is 11.4 Å². The van der Waals surface area contributed by atoms with E-state index in [0.717, 1.165) is 19.3 Å². The van der Waals surface area contributed by atoms with E-state index >= 15 is 0 Å². The average molecular weight is 238 g/mol. The summed E-state index contributed by atoms with van der Waals surface area (Å²) >= 11 is 1.66. The highest BCUT2D eigenvalue weighted by molar-refractivity contribution is 7.10. The number of rotatable bonds is 3. The molecule has 2 fully saturated rings. The third kappa shape index (κ3) is 1.04. The number of carboxylic acid groups (broad SMARTS) is 1. The highest BCUT2D eigenvalue weighted by Crippen LogP contribution is 2.59. The fourth-order valence-electron chi connectivity index (χ4n) is 2.94. The fraction of sp³-hybridized carbons (Fsp3) is 0.583. The van der Waals surface area contributed by atoms with Crippen LogP contribution < -0.4 is 0 Å². The smallest absolute Gasteiger partial charge is 0.310 e. The van der Waals surface area contributed by atoms with Crippen LogP contribution in [0.15, 0.2) is 17.5 Å². The molecule has 16 heavy (non-hydrogen) atoms. The Hall–Kier alpha value is -0.870. The maximum absolute atomic E-state index is 11.6. The van der Waals surface area contributed by atoms with Crippen LogP contribution in [0.3, 0.4) is 0 Å². The van der Waals surface area contributed by atoms with Crippen LogP contribution in [0.5, 0.6) is 0 Å². The van der Waals surface area contributed by atoms with Crippen molar-refractivity contribution in [2.24, 2.45) is 5.41 Å². The van der Waals surface area contributed by atoms with E-state index in [0.29, 0.717) is 13.2 Å². The lowest BCUT2D eigenvalue weighted by Crippen LogP contribution is -2.64. The minimum Gasteiger partial charge on any atom is -0.481 e. The predicted molar refractivity (Wildman–Crippen MR) is 60.7 cm³/mol. The number of thiophene rings is 1. The quantitative estimate of drug-likeness (QED) is 0.878. The summed E-state index contributed by atoms with van der Waals surface area (Å²) in [5.41, 5.74) is -0.804. The van der Waals surface area contributed by atoms with Crippen LogP contribution in [0, 0.1) is 5.41 Å². The first-order valence-corrected chi connectivity index (χ1v) is 6.44. The number of ether oxygens (including phenoxy) is 1. The summed E-state index contributed by atoms with van der Waals surface area (Å²) in [6, 6.07) is 4.05. The van der Waals surface area contributed by atoms with E-state index in [-0.39, 0.29) is 5.41 Å². The van der Waals surface area contributed by atoms with Gasteiger partial charge in [0.1, 0.15) is 0 Å². The summed E-state index contributed by atoms with van der Waals surface area (Å²) in [6.45, 7) is 1.14. The van der Waals surface area contributed by atoms with Crippen molar-refractivity contribution < 1.29 is 14.6 Å². The second-order valence-corrected chi connectivity index (χ2v) is 5.74. The zero-order valence-corrected chi connectivity index (χ0v) is 9.76. The second-order valence-electron chi connectivity index (χ2n) is 4.79. The summed E-state index contributed by atoms with van der Waals surface area (Å²) < 4.78 is 5.34. The third-order valence-electron chi connectivity index (χ3n) is 4.22. The maximum Gasteiger partial charge on any atom is 0.310 e. The molecule has 1 saturated carbocycles. The van der Waals surface area contributed by atoms with Gasteiger partial charge in [-0.3, -0.25) is 4.79 Å². The van der Waals surface area contributed by atoms with Crippen molar-refractivity contribution in [3.63, 3.8) is 0 Å². The topological polar surface area (TPSA) is 46.5 Å². The molecular formula is C12H14O3S. The number of hydrogen-bond donors (Lipinski definition) is 1. The van der Waals surface area contributed by atoms with Gasteiger partial charge in [-0.2, -0.15) is 0 Å². The average Bonchev–Trinajstić information content (AvgIpc) is 2.59. The van der Waals surface area contributed by atoms with Crippen molar-refractivity contribution in [2.75, 3.05) is 13.2 Å². The normalized spacial score (nSPS) is 25.5. The number of carboxylic acids is 1. The van der Waals surface area contributed by atoms with Gasteiger partial charge in [0, 0.05) is 4.88 Å². The van der Waals surface area contributed by atoms with E-state index in [1.54, 1.807) is 11.3 Å². The van der Waals surface area contributed by atoms with Crippen LogP contribution in [0.25, 0.3) is 0 Å². The summed E-state index contributed by atoms with van der Waals surface area (Å²) in [4.78, 5) is 12.8. The maximum atomic E-state index is 11.6. The summed E-state index contributed by atoms with van der Waals surface area (Å²) in [6.07, 6.45) is 2.62. The molecule has 0 spiro atoms. The van der Waals surface area contributed by atoms with Crippen molar-refractivity contribution in [1.29, 1.82) is 0 Å². The van der Waals surface area contributed by atoms with Gasteiger partial charge in [0.15, 0.2) is 0 Å². The van der Waals surface area contributed by atoms with Crippen LogP contribution in [0.2, 0.25) is 0 Å². The van der Waals surface area contributed by atoms with Crippen molar-refractivity contribution in [3.8, 4) is 0 Å². The molecule has 1 aliphatic carbocycles. The molecule has 0 aromatic carbocycles. The molecule has 1 aliphatic heterocycles. The van der Waals surface area contributed by atoms with E-state index in [9.17, 15) is 9.90 Å². The Balaban J connectivity index is 2.05. The molecule has 2 heterocycles. The Morgan fingerprint density at radius 1 is 1.44 bits per heavy atom. The van der Waals surface area contributed by atoms with E-state index in [4.69, 9.17) is 4.74 Å². The Kier molecular flexibility index (Phi) is 2.13. The van der Waals surface area contributed by atoms with E-state index in [2.05, 4.69) is 6.07 Å². The number of aliphatic carboxylic acids is 1. The lowest BCUT2D eigenvalue weighted by Gasteiger charge is -2.56. The lowest BCUT2D eigenvalue weighted by molar-refractivity contribution is -0.191. The molecule has 0 amide bonds. The van der Waals surface area contributed by atoms with Crippen LogP contribution in [0.4, 0.5) is 0 Å². The molecule has 4 heteroatoms. The molecule has 3 nitrogen and oxygen atoms in total. The molecule has 1 saturated heterocycles. The molecule has 0 atom stereocenters. The summed E-state index contributed by atoms with van der Waals surface area (Å²) in [5, 5.41) is 11.5. The van der Waals surface area contributed by atoms with Gasteiger partial charge in [-0.1, -0.05) is 12.5 Å². The van der Waals surface area contributed by atoms with Gasteiger partial charge < -0.3 is 9.84 Å². The molecule has 2 aliphatic rings. The van der Waals surface area contributed by atoms with Gasteiger partial charge in [0.05, 0.1) is 24.0 Å². The largest absolute Gasteiger partial charge is 0.481 e.